The van der Waals surface area contributed by atoms with Gasteiger partial charge in [0.2, 0.25) is 5.91 Å². The van der Waals surface area contributed by atoms with Gasteiger partial charge < -0.3 is 10.3 Å². The van der Waals surface area contributed by atoms with Crippen LogP contribution >= 0.6 is 0 Å². The van der Waals surface area contributed by atoms with Crippen LogP contribution in [0.3, 0.4) is 0 Å². The average molecular weight is 283 g/mol. The monoisotopic (exact) mass is 283 g/mol. The third kappa shape index (κ3) is 3.15. The third-order valence-electron chi connectivity index (χ3n) is 4.35. The molecule has 0 unspecified atom stereocenters. The van der Waals surface area contributed by atoms with E-state index in [1.807, 2.05) is 29.2 Å². The Balaban J connectivity index is 1.91. The minimum absolute atomic E-state index is 0.315. The smallest absolute Gasteiger partial charge is 0.248 e. The molecule has 0 spiro atoms. The van der Waals surface area contributed by atoms with Crippen LogP contribution in [0, 0.1) is 0 Å². The second-order valence-electron chi connectivity index (χ2n) is 5.86. The first-order chi connectivity index (χ1) is 10.2. The summed E-state index contributed by atoms with van der Waals surface area (Å²) in [4.78, 5) is 15.8. The number of carbonyl (C=O) groups excluding carboxylic acids is 1. The van der Waals surface area contributed by atoms with Crippen molar-refractivity contribution in [1.82, 2.24) is 9.55 Å². The van der Waals surface area contributed by atoms with Gasteiger partial charge in [-0.2, -0.15) is 0 Å². The number of primary amides is 1. The van der Waals surface area contributed by atoms with Gasteiger partial charge in [0.1, 0.15) is 0 Å². The normalized spacial score (nSPS) is 16.0. The van der Waals surface area contributed by atoms with Crippen LogP contribution < -0.4 is 5.73 Å². The van der Waals surface area contributed by atoms with Gasteiger partial charge in [-0.15, -0.1) is 0 Å². The fourth-order valence-corrected chi connectivity index (χ4v) is 3.28. The van der Waals surface area contributed by atoms with Gasteiger partial charge in [0.15, 0.2) is 0 Å². The predicted octanol–water partition coefficient (Wildman–Crippen LogP) is 3.08. The maximum Gasteiger partial charge on any atom is 0.248 e. The molecule has 3 rings (SSSR count). The molecule has 2 N–H and O–H groups in total. The van der Waals surface area contributed by atoms with Crippen molar-refractivity contribution in [2.24, 2.45) is 5.73 Å². The second-order valence-corrected chi connectivity index (χ2v) is 5.86. The van der Waals surface area contributed by atoms with Crippen LogP contribution in [0.1, 0.15) is 59.5 Å². The van der Waals surface area contributed by atoms with Crippen molar-refractivity contribution in [3.63, 3.8) is 0 Å². The Kier molecular flexibility index (Phi) is 4.04. The van der Waals surface area contributed by atoms with E-state index >= 15 is 0 Å². The zero-order valence-electron chi connectivity index (χ0n) is 12.2. The average Bonchev–Trinajstić information content (AvgIpc) is 3.01. The van der Waals surface area contributed by atoms with Crippen LogP contribution in [-0.2, 0) is 6.54 Å². The molecule has 110 valence electrons. The molecule has 1 aromatic heterocycles. The van der Waals surface area contributed by atoms with E-state index in [0.29, 0.717) is 11.5 Å². The molecule has 1 aliphatic rings. The number of imidazole rings is 1. The van der Waals surface area contributed by atoms with Crippen molar-refractivity contribution >= 4 is 5.91 Å². The maximum atomic E-state index is 11.7. The van der Waals surface area contributed by atoms with Crippen LogP contribution in [0.5, 0.6) is 0 Å². The number of benzene rings is 1. The Morgan fingerprint density at radius 3 is 2.76 bits per heavy atom. The molecule has 0 radical (unpaired) electrons. The van der Waals surface area contributed by atoms with E-state index in [2.05, 4.69) is 11.1 Å². The largest absolute Gasteiger partial charge is 0.366 e. The Morgan fingerprint density at radius 2 is 2.10 bits per heavy atom. The fraction of sp³-hybridized carbons (Fsp3) is 0.412. The van der Waals surface area contributed by atoms with E-state index < -0.39 is 0 Å². The van der Waals surface area contributed by atoms with Gasteiger partial charge in [0.05, 0.1) is 6.33 Å². The summed E-state index contributed by atoms with van der Waals surface area (Å²) in [6.45, 7) is 0.777. The number of hydrogen-bond donors (Lipinski definition) is 1. The minimum atomic E-state index is -0.315. The minimum Gasteiger partial charge on any atom is -0.366 e. The Bertz CT molecular complexity index is 613. The highest BCUT2D eigenvalue weighted by atomic mass is 16.1. The van der Waals surface area contributed by atoms with E-state index in [1.165, 1.54) is 24.8 Å². The molecule has 0 aliphatic heterocycles. The van der Waals surface area contributed by atoms with Crippen molar-refractivity contribution in [3.05, 3.63) is 53.6 Å². The van der Waals surface area contributed by atoms with Gasteiger partial charge in [-0.3, -0.25) is 4.79 Å². The Labute approximate surface area is 125 Å². The molecule has 1 saturated carbocycles. The van der Waals surface area contributed by atoms with Crippen molar-refractivity contribution in [1.29, 1.82) is 0 Å². The van der Waals surface area contributed by atoms with E-state index in [9.17, 15) is 4.79 Å². The molecule has 1 aliphatic carbocycles. The summed E-state index contributed by atoms with van der Waals surface area (Å²) >= 11 is 0. The first-order valence-electron chi connectivity index (χ1n) is 7.62. The zero-order chi connectivity index (χ0) is 14.7. The number of hydrogen-bond acceptors (Lipinski definition) is 2. The van der Waals surface area contributed by atoms with Gasteiger partial charge in [-0.05, 0) is 36.0 Å². The molecular formula is C17H21N3O. The van der Waals surface area contributed by atoms with Crippen LogP contribution in [-0.4, -0.2) is 15.5 Å². The van der Waals surface area contributed by atoms with Crippen molar-refractivity contribution in [2.75, 3.05) is 0 Å². The number of rotatable bonds is 4. The van der Waals surface area contributed by atoms with E-state index in [1.54, 1.807) is 6.20 Å². The van der Waals surface area contributed by atoms with Gasteiger partial charge in [0.25, 0.3) is 0 Å². The summed E-state index contributed by atoms with van der Waals surface area (Å²) < 4.78 is 2.03. The van der Waals surface area contributed by atoms with Crippen molar-refractivity contribution in [2.45, 2.75) is 44.6 Å². The zero-order valence-corrected chi connectivity index (χ0v) is 12.2. The van der Waals surface area contributed by atoms with E-state index in [4.69, 9.17) is 5.73 Å². The first kappa shape index (κ1) is 13.9. The standard InChI is InChI=1S/C17H21N3O/c18-17(21)15-7-6-13(11-20-9-8-19-12-20)10-16(15)14-4-2-1-3-5-14/h6-10,12,14H,1-5,11H2,(H2,18,21). The molecule has 1 aromatic carbocycles. The summed E-state index contributed by atoms with van der Waals surface area (Å²) in [6, 6.07) is 6.04. The van der Waals surface area contributed by atoms with E-state index in [-0.39, 0.29) is 5.91 Å². The molecule has 4 heteroatoms. The van der Waals surface area contributed by atoms with Crippen molar-refractivity contribution < 1.29 is 4.79 Å². The SMILES string of the molecule is NC(=O)c1ccc(Cn2ccnc2)cc1C1CCCCC1. The lowest BCUT2D eigenvalue weighted by atomic mass is 9.81. The number of nitrogens with two attached hydrogens (primary N) is 1. The molecule has 0 bridgehead atoms. The molecule has 21 heavy (non-hydrogen) atoms. The Hall–Kier alpha value is -2.10. The first-order valence-corrected chi connectivity index (χ1v) is 7.62. The number of aromatic nitrogens is 2. The summed E-state index contributed by atoms with van der Waals surface area (Å²) in [5.74, 6) is 0.161. The molecular weight excluding hydrogens is 262 g/mol. The summed E-state index contributed by atoms with van der Waals surface area (Å²) in [7, 11) is 0. The number of amides is 1. The summed E-state index contributed by atoms with van der Waals surface area (Å²) in [6.07, 6.45) is 11.6. The van der Waals surface area contributed by atoms with Crippen LogP contribution in [0.4, 0.5) is 0 Å². The highest BCUT2D eigenvalue weighted by Crippen LogP contribution is 2.35. The lowest BCUT2D eigenvalue weighted by Crippen LogP contribution is -2.17. The highest BCUT2D eigenvalue weighted by Gasteiger charge is 2.20. The second kappa shape index (κ2) is 6.12. The van der Waals surface area contributed by atoms with Crippen LogP contribution in [0.15, 0.2) is 36.9 Å². The molecule has 1 heterocycles. The van der Waals surface area contributed by atoms with Crippen LogP contribution in [0.25, 0.3) is 0 Å². The summed E-state index contributed by atoms with van der Waals surface area (Å²) in [5.41, 5.74) is 8.58. The summed E-state index contributed by atoms with van der Waals surface area (Å²) in [5, 5.41) is 0. The van der Waals surface area contributed by atoms with Gasteiger partial charge >= 0.3 is 0 Å². The lowest BCUT2D eigenvalue weighted by molar-refractivity contribution is 0.0998. The van der Waals surface area contributed by atoms with Crippen molar-refractivity contribution in [3.8, 4) is 0 Å². The molecule has 0 saturated heterocycles. The maximum absolute atomic E-state index is 11.7. The Morgan fingerprint density at radius 1 is 1.29 bits per heavy atom. The molecule has 1 fully saturated rings. The molecule has 0 atom stereocenters. The molecule has 1 amide bonds. The quantitative estimate of drug-likeness (QED) is 0.937. The van der Waals surface area contributed by atoms with Gasteiger partial charge in [0, 0.05) is 24.5 Å². The third-order valence-corrected chi connectivity index (χ3v) is 4.35. The van der Waals surface area contributed by atoms with Gasteiger partial charge in [-0.25, -0.2) is 4.98 Å². The van der Waals surface area contributed by atoms with Crippen LogP contribution in [0.2, 0.25) is 0 Å². The topological polar surface area (TPSA) is 60.9 Å². The van der Waals surface area contributed by atoms with E-state index in [0.717, 1.165) is 24.9 Å². The number of nitrogens with zero attached hydrogens (tertiary/aromatic N) is 2. The number of carbonyl (C=O) groups is 1. The highest BCUT2D eigenvalue weighted by molar-refractivity contribution is 5.94. The molecule has 2 aromatic rings. The fourth-order valence-electron chi connectivity index (χ4n) is 3.28. The predicted molar refractivity (Wildman–Crippen MR) is 82.1 cm³/mol. The molecule has 4 nitrogen and oxygen atoms in total. The lowest BCUT2D eigenvalue weighted by Gasteiger charge is -2.24. The van der Waals surface area contributed by atoms with Gasteiger partial charge in [-0.1, -0.05) is 31.4 Å².